The van der Waals surface area contributed by atoms with Crippen molar-refractivity contribution in [3.63, 3.8) is 0 Å². The molecule has 1 aromatic carbocycles. The molecule has 2 saturated heterocycles. The summed E-state index contributed by atoms with van der Waals surface area (Å²) in [5.41, 5.74) is 17.8. The lowest BCUT2D eigenvalue weighted by atomic mass is 9.96. The number of aromatic nitrogens is 4. The number of imidazole rings is 2. The normalized spacial score (nSPS) is 17.0. The number of aromatic amines is 2. The third-order valence-electron chi connectivity index (χ3n) is 23.6. The molecular weight excluding hydrogens is 1810 g/mol. The van der Waals surface area contributed by atoms with Gasteiger partial charge in [0.15, 0.2) is 5.96 Å². The Morgan fingerprint density at radius 2 is 0.885 bits per heavy atom. The van der Waals surface area contributed by atoms with Crippen LogP contribution in [0.15, 0.2) is 49.3 Å². The molecule has 3 aromatic rings. The number of carbonyl (C=O) groups is 19. The highest BCUT2D eigenvalue weighted by Gasteiger charge is 2.45. The zero-order valence-electron chi connectivity index (χ0n) is 81.2. The Balaban J connectivity index is 1.34. The maximum atomic E-state index is 15.0. The molecule has 2 aliphatic heterocycles. The molecule has 139 heavy (non-hydrogen) atoms. The number of nitrogens with one attached hydrogen (secondary N) is 19. The lowest BCUT2D eigenvalue weighted by Crippen LogP contribution is -2.62. The lowest BCUT2D eigenvalue weighted by molar-refractivity contribution is -0.143. The number of carboxylic acid groups (broad SMARTS) is 1. The molecule has 5 rings (SSSR count). The van der Waals surface area contributed by atoms with Gasteiger partial charge in [-0.2, -0.15) is 0 Å². The Hall–Kier alpha value is -13.5. The standard InChI is InChI=1S/C90H144N26O23/c1-14-49(11)72(85(134)99-39-69(121)98-40-70(122)112-71(48(9)10)89(138)139)113-82(131)65(42-118)111-83(132)66-20-17-30-116(66)88(137)64(33-47(7)8)110-80(129)61(34-52-22-24-55(119)25-23-52)105-74(123)51(13)102-77(126)62(35-53-37-95-43-100-53)107-81(130)63(36-54-38-96-44-101-54)108-79(128)60(32-46(5)6)109-86(135)73(50(12)15-2)114-84(133)67-21-18-29-115(67)87(136)58(19-16-28-97-90(93)94)104-76(125)57(26-27-68(92)120)103-78(127)59(31-45(3)4)106-75(124)56(91)41-117/h22-25,37-38,43-51,56-67,71-73,117-119H,14-21,26-36,39-42,91H2,1-13H3,(H2,92,120)(H,95,100)(H,96,101)(H,98,121)(H,99,134)(H,102,126)(H,103,127)(H,104,125)(H,105,123)(H,106,124)(H,107,130)(H,108,128)(H,109,135)(H,110,129)(H,111,132)(H,112,122)(H,113,131)(H,114,133)(H,138,139)(H4,93,94,97)/t49-,50-,51-,56-,57-,58-,59-,60-,61-,62-,63-,64-,65?,66-,67-,71-,72-,73-/m0/s1. The molecule has 0 spiro atoms. The molecule has 18 amide bonds. The Morgan fingerprint density at radius 1 is 0.453 bits per heavy atom. The quantitative estimate of drug-likeness (QED) is 0.0142. The molecule has 772 valence electrons. The molecule has 49 nitrogen and oxygen atoms in total. The van der Waals surface area contributed by atoms with Gasteiger partial charge >= 0.3 is 5.97 Å². The number of carbonyl (C=O) groups excluding carboxylic acids is 18. The fourth-order valence-corrected chi connectivity index (χ4v) is 15.5. The van der Waals surface area contributed by atoms with E-state index >= 15 is 4.79 Å². The van der Waals surface area contributed by atoms with Crippen LogP contribution in [0.1, 0.15) is 190 Å². The third-order valence-corrected chi connectivity index (χ3v) is 23.6. The summed E-state index contributed by atoms with van der Waals surface area (Å²) in [6.07, 6.45) is 4.87. The maximum Gasteiger partial charge on any atom is 0.326 e. The van der Waals surface area contributed by atoms with Gasteiger partial charge in [-0.25, -0.2) is 14.8 Å². The van der Waals surface area contributed by atoms with Crippen molar-refractivity contribution >= 4 is 118 Å². The molecular formula is C90H144N26O23. The number of aliphatic hydroxyl groups excluding tert-OH is 2. The molecule has 0 radical (unpaired) electrons. The summed E-state index contributed by atoms with van der Waals surface area (Å²) in [6, 6.07) is -17.2. The second-order valence-electron chi connectivity index (χ2n) is 36.8. The summed E-state index contributed by atoms with van der Waals surface area (Å²) in [4.78, 5) is 282. The number of carboxylic acids is 1. The minimum Gasteiger partial charge on any atom is -0.508 e. The molecule has 2 aromatic heterocycles. The zero-order valence-corrected chi connectivity index (χ0v) is 81.2. The average molecular weight is 1960 g/mol. The van der Waals surface area contributed by atoms with E-state index in [4.69, 9.17) is 22.6 Å². The van der Waals surface area contributed by atoms with E-state index in [1.54, 1.807) is 83.1 Å². The van der Waals surface area contributed by atoms with Gasteiger partial charge in [-0.3, -0.25) is 91.7 Å². The van der Waals surface area contributed by atoms with Gasteiger partial charge in [0.2, 0.25) is 106 Å². The summed E-state index contributed by atoms with van der Waals surface area (Å²) >= 11 is 0. The Morgan fingerprint density at radius 3 is 1.36 bits per heavy atom. The van der Waals surface area contributed by atoms with Gasteiger partial charge in [0.25, 0.3) is 0 Å². The summed E-state index contributed by atoms with van der Waals surface area (Å²) in [7, 11) is 0. The molecule has 0 saturated carbocycles. The largest absolute Gasteiger partial charge is 0.508 e. The first-order valence-corrected chi connectivity index (χ1v) is 47.0. The minimum atomic E-state index is -1.70. The first-order valence-electron chi connectivity index (χ1n) is 47.0. The van der Waals surface area contributed by atoms with Crippen LogP contribution in [-0.2, 0) is 110 Å². The number of benzene rings is 1. The maximum absolute atomic E-state index is 15.0. The predicted octanol–water partition coefficient (Wildman–Crippen LogP) is -5.79. The number of hydrogen-bond acceptors (Lipinski definition) is 26. The Kier molecular flexibility index (Phi) is 48.1. The number of phenols is 1. The van der Waals surface area contributed by atoms with Crippen LogP contribution in [0.25, 0.3) is 0 Å². The number of nitrogens with zero attached hydrogens (tertiary/aromatic N) is 4. The van der Waals surface area contributed by atoms with Gasteiger partial charge in [0, 0.05) is 69.1 Å². The van der Waals surface area contributed by atoms with Gasteiger partial charge in [-0.05, 0) is 124 Å². The van der Waals surface area contributed by atoms with Crippen molar-refractivity contribution in [2.45, 2.75) is 289 Å². The van der Waals surface area contributed by atoms with E-state index in [0.717, 1.165) is 0 Å². The molecule has 0 aliphatic carbocycles. The minimum absolute atomic E-state index is 0.0163. The summed E-state index contributed by atoms with van der Waals surface area (Å²) < 4.78 is 0. The van der Waals surface area contributed by atoms with E-state index in [2.05, 4.69) is 105 Å². The van der Waals surface area contributed by atoms with Crippen LogP contribution < -0.4 is 102 Å². The van der Waals surface area contributed by atoms with Crippen molar-refractivity contribution in [3.8, 4) is 5.75 Å². The fraction of sp³-hybridized carbons (Fsp3) is 0.644. The second-order valence-corrected chi connectivity index (χ2v) is 36.8. The van der Waals surface area contributed by atoms with Crippen LogP contribution in [0, 0.1) is 40.9 Å². The van der Waals surface area contributed by atoms with Crippen LogP contribution in [0.3, 0.4) is 0 Å². The van der Waals surface area contributed by atoms with Crippen LogP contribution in [0.5, 0.6) is 5.75 Å². The van der Waals surface area contributed by atoms with E-state index in [1.807, 2.05) is 0 Å². The van der Waals surface area contributed by atoms with E-state index in [-0.39, 0.29) is 133 Å². The number of aromatic hydroxyl groups is 1. The van der Waals surface area contributed by atoms with Crippen molar-refractivity contribution in [2.24, 2.45) is 52.7 Å². The molecule has 2 aliphatic rings. The number of guanidine groups is 1. The molecule has 2 fully saturated rings. The number of amides is 18. The van der Waals surface area contributed by atoms with Gasteiger partial charge < -0.3 is 142 Å². The predicted molar refractivity (Wildman–Crippen MR) is 502 cm³/mol. The second kappa shape index (κ2) is 57.7. The zero-order chi connectivity index (χ0) is 104. The molecule has 0 bridgehead atoms. The van der Waals surface area contributed by atoms with Gasteiger partial charge in [-0.1, -0.05) is 108 Å². The van der Waals surface area contributed by atoms with Gasteiger partial charge in [0.05, 0.1) is 39.0 Å². The summed E-state index contributed by atoms with van der Waals surface area (Å²) in [5, 5.41) is 88.7. The van der Waals surface area contributed by atoms with Crippen molar-refractivity contribution in [3.05, 3.63) is 66.3 Å². The van der Waals surface area contributed by atoms with E-state index in [9.17, 15) is 107 Å². The number of hydrogen-bond donors (Lipinski definition) is 26. The van der Waals surface area contributed by atoms with Crippen molar-refractivity contribution in [1.82, 2.24) is 115 Å². The molecule has 18 atom stereocenters. The highest BCUT2D eigenvalue weighted by atomic mass is 16.4. The van der Waals surface area contributed by atoms with E-state index in [0.29, 0.717) is 23.4 Å². The number of H-pyrrole nitrogens is 2. The van der Waals surface area contributed by atoms with Crippen molar-refractivity contribution in [2.75, 3.05) is 45.9 Å². The molecule has 29 N–H and O–H groups in total. The SMILES string of the molecule is CC[C@H](C)[C@H](NC(=O)C(CO)NC(=O)[C@@H]1CCCN1C(=O)[C@H](CC(C)C)NC(=O)[C@H](Cc1ccc(O)cc1)NC(=O)[C@H](C)NC(=O)[C@H](Cc1cnc[nH]1)NC(=O)[C@H](Cc1cnc[nH]1)NC(=O)[C@H](CC(C)C)NC(=O)[C@@H](NC(=O)[C@@H]1CCCN1C(=O)[C@H](CCCNC(=N)N)NC(=O)[C@H](CCC(N)=O)NC(=O)[C@H](CC(C)C)NC(=O)[C@@H](N)CO)[C@@H](C)CC)C(=O)NCC(=O)NCC(=O)N[C@H](C(=O)O)C(C)C. The van der Waals surface area contributed by atoms with Crippen molar-refractivity contribution < 1.29 is 112 Å². The van der Waals surface area contributed by atoms with Crippen LogP contribution in [0.4, 0.5) is 0 Å². The highest BCUT2D eigenvalue weighted by molar-refractivity contribution is 6.02. The first-order chi connectivity index (χ1) is 65.6. The van der Waals surface area contributed by atoms with Gasteiger partial charge in [0.1, 0.15) is 102 Å². The molecule has 49 heteroatoms. The van der Waals surface area contributed by atoms with E-state index < -0.39 is 265 Å². The Labute approximate surface area is 806 Å². The number of phenolic OH excluding ortho intramolecular Hbond substituents is 1. The average Bonchev–Trinajstić information content (AvgIpc) is 1.69. The third kappa shape index (κ3) is 38.4. The smallest absolute Gasteiger partial charge is 0.326 e. The number of nitrogens with two attached hydrogens (primary N) is 3. The highest BCUT2D eigenvalue weighted by Crippen LogP contribution is 2.25. The van der Waals surface area contributed by atoms with Crippen LogP contribution in [-0.4, -0.2) is 311 Å². The summed E-state index contributed by atoms with van der Waals surface area (Å²) in [5.74, 6) is -20.1. The van der Waals surface area contributed by atoms with Crippen LogP contribution >= 0.6 is 0 Å². The first kappa shape index (κ1) is 116. The number of aliphatic hydroxyl groups is 2. The fourth-order valence-electron chi connectivity index (χ4n) is 15.5. The number of rotatable bonds is 59. The molecule has 1 unspecified atom stereocenters. The Bertz CT molecular complexity index is 4650. The number of primary amides is 1. The van der Waals surface area contributed by atoms with Gasteiger partial charge in [-0.15, -0.1) is 0 Å². The van der Waals surface area contributed by atoms with Crippen molar-refractivity contribution in [1.29, 1.82) is 5.41 Å². The van der Waals surface area contributed by atoms with Crippen LogP contribution in [0.2, 0.25) is 0 Å². The number of likely N-dealkylation sites (tertiary alicyclic amines) is 2. The lowest BCUT2D eigenvalue weighted by Gasteiger charge is -2.32. The topological polar surface area (TPSA) is 763 Å². The summed E-state index contributed by atoms with van der Waals surface area (Å²) in [6.45, 7) is 18.7. The molecule has 4 heterocycles. The number of aliphatic carboxylic acids is 1. The van der Waals surface area contributed by atoms with E-state index in [1.165, 1.54) is 66.0 Å². The monoisotopic (exact) mass is 1960 g/mol.